The van der Waals surface area contributed by atoms with Gasteiger partial charge in [-0.15, -0.1) is 10.2 Å². The molecule has 0 aliphatic rings. The van der Waals surface area contributed by atoms with Crippen molar-refractivity contribution < 1.29 is 9.90 Å². The highest BCUT2D eigenvalue weighted by Crippen LogP contribution is 2.31. The minimum absolute atomic E-state index is 0.0434. The van der Waals surface area contributed by atoms with E-state index in [-0.39, 0.29) is 11.7 Å². The van der Waals surface area contributed by atoms with E-state index in [9.17, 15) is 9.90 Å². The van der Waals surface area contributed by atoms with E-state index in [0.29, 0.717) is 11.4 Å². The van der Waals surface area contributed by atoms with Gasteiger partial charge < -0.3 is 15.3 Å². The normalized spacial score (nSPS) is 10.7. The number of carbonyl (C=O) groups is 1. The summed E-state index contributed by atoms with van der Waals surface area (Å²) in [5.41, 5.74) is 2.97. The Morgan fingerprint density at radius 3 is 2.31 bits per heavy atom. The van der Waals surface area contributed by atoms with Gasteiger partial charge in [0.15, 0.2) is 5.82 Å². The van der Waals surface area contributed by atoms with Crippen molar-refractivity contribution in [3.8, 4) is 17.0 Å². The number of aromatic nitrogens is 2. The third kappa shape index (κ3) is 3.73. The van der Waals surface area contributed by atoms with Gasteiger partial charge in [0, 0.05) is 47.7 Å². The Bertz CT molecular complexity index is 1190. The number of carbonyl (C=O) groups excluding carboxylic acids is 1. The Labute approximate surface area is 168 Å². The molecular formula is C23H20N4O2. The lowest BCUT2D eigenvalue weighted by Gasteiger charge is -2.12. The van der Waals surface area contributed by atoms with Gasteiger partial charge >= 0.3 is 0 Å². The lowest BCUT2D eigenvalue weighted by atomic mass is 10.0. The quantitative estimate of drug-likeness (QED) is 0.544. The van der Waals surface area contributed by atoms with Gasteiger partial charge in [0.2, 0.25) is 0 Å². The lowest BCUT2D eigenvalue weighted by Crippen LogP contribution is -2.21. The second kappa shape index (κ2) is 7.59. The molecule has 1 amide bonds. The van der Waals surface area contributed by atoms with Crippen LogP contribution in [0.15, 0.2) is 72.8 Å². The average Bonchev–Trinajstić information content (AvgIpc) is 2.74. The first-order valence-electron chi connectivity index (χ1n) is 9.16. The molecule has 0 radical (unpaired) electrons. The molecule has 6 nitrogen and oxygen atoms in total. The predicted molar refractivity (Wildman–Crippen MR) is 114 cm³/mol. The van der Waals surface area contributed by atoms with Crippen LogP contribution in [0, 0.1) is 0 Å². The summed E-state index contributed by atoms with van der Waals surface area (Å²) in [4.78, 5) is 13.7. The van der Waals surface area contributed by atoms with Crippen LogP contribution in [0.3, 0.4) is 0 Å². The zero-order valence-electron chi connectivity index (χ0n) is 16.1. The molecule has 0 spiro atoms. The van der Waals surface area contributed by atoms with Crippen LogP contribution >= 0.6 is 0 Å². The van der Waals surface area contributed by atoms with E-state index < -0.39 is 0 Å². The Morgan fingerprint density at radius 2 is 1.62 bits per heavy atom. The first kappa shape index (κ1) is 18.4. The Hall–Kier alpha value is -3.93. The van der Waals surface area contributed by atoms with Gasteiger partial charge in [-0.3, -0.25) is 4.79 Å². The van der Waals surface area contributed by atoms with Crippen molar-refractivity contribution in [2.75, 3.05) is 19.4 Å². The molecule has 6 heteroatoms. The van der Waals surface area contributed by atoms with Crippen molar-refractivity contribution in [2.24, 2.45) is 0 Å². The summed E-state index contributed by atoms with van der Waals surface area (Å²) in [6, 6.07) is 22.1. The molecule has 144 valence electrons. The molecule has 0 aliphatic heterocycles. The maximum absolute atomic E-state index is 12.1. The van der Waals surface area contributed by atoms with Gasteiger partial charge in [0.1, 0.15) is 11.4 Å². The van der Waals surface area contributed by atoms with E-state index in [1.165, 1.54) is 0 Å². The number of rotatable bonds is 4. The summed E-state index contributed by atoms with van der Waals surface area (Å²) in [5.74, 6) is 0.740. The topological polar surface area (TPSA) is 78.4 Å². The number of amides is 1. The summed E-state index contributed by atoms with van der Waals surface area (Å²) in [6.45, 7) is 0. The SMILES string of the molecule is CN(C)C(=O)c1ccc(-c2nnc(Nc3cccc(O)c3)c3ccccc23)cc1. The maximum atomic E-state index is 12.1. The van der Waals surface area contributed by atoms with Crippen LogP contribution in [0.1, 0.15) is 10.4 Å². The number of anilines is 2. The van der Waals surface area contributed by atoms with Crippen molar-refractivity contribution in [1.29, 1.82) is 0 Å². The van der Waals surface area contributed by atoms with Crippen molar-refractivity contribution in [2.45, 2.75) is 0 Å². The molecule has 0 aliphatic carbocycles. The number of phenolic OH excluding ortho intramolecular Hbond substituents is 1. The summed E-state index contributed by atoms with van der Waals surface area (Å²) in [7, 11) is 3.46. The smallest absolute Gasteiger partial charge is 0.253 e. The highest BCUT2D eigenvalue weighted by Gasteiger charge is 2.13. The molecule has 3 aromatic carbocycles. The van der Waals surface area contributed by atoms with Crippen molar-refractivity contribution >= 4 is 28.2 Å². The minimum atomic E-state index is -0.0434. The Balaban J connectivity index is 1.74. The fourth-order valence-electron chi connectivity index (χ4n) is 3.16. The molecule has 0 bridgehead atoms. The summed E-state index contributed by atoms with van der Waals surface area (Å²) in [5, 5.41) is 23.6. The Morgan fingerprint density at radius 1 is 0.897 bits per heavy atom. The van der Waals surface area contributed by atoms with E-state index in [2.05, 4.69) is 15.5 Å². The third-order valence-electron chi connectivity index (χ3n) is 4.61. The number of phenols is 1. The number of hydrogen-bond acceptors (Lipinski definition) is 5. The van der Waals surface area contributed by atoms with Gasteiger partial charge in [0.05, 0.1) is 0 Å². The maximum Gasteiger partial charge on any atom is 0.253 e. The highest BCUT2D eigenvalue weighted by atomic mass is 16.3. The first-order valence-corrected chi connectivity index (χ1v) is 9.16. The summed E-state index contributed by atoms with van der Waals surface area (Å²) in [6.07, 6.45) is 0. The van der Waals surface area contributed by atoms with Crippen LogP contribution in [0.4, 0.5) is 11.5 Å². The molecule has 29 heavy (non-hydrogen) atoms. The number of nitrogens with zero attached hydrogens (tertiary/aromatic N) is 3. The molecule has 4 rings (SSSR count). The standard InChI is InChI=1S/C23H20N4O2/c1-27(2)23(29)16-12-10-15(11-13-16)21-19-8-3-4-9-20(19)22(26-25-21)24-17-6-5-7-18(28)14-17/h3-14,28H,1-2H3,(H,24,26). The van der Waals surface area contributed by atoms with E-state index in [1.54, 1.807) is 49.3 Å². The summed E-state index contributed by atoms with van der Waals surface area (Å²) < 4.78 is 0. The van der Waals surface area contributed by atoms with Gasteiger partial charge in [0.25, 0.3) is 5.91 Å². The molecule has 0 saturated heterocycles. The molecule has 2 N–H and O–H groups in total. The zero-order chi connectivity index (χ0) is 20.4. The number of aromatic hydroxyl groups is 1. The summed E-state index contributed by atoms with van der Waals surface area (Å²) >= 11 is 0. The molecule has 0 atom stereocenters. The van der Waals surface area contributed by atoms with E-state index in [4.69, 9.17) is 0 Å². The largest absolute Gasteiger partial charge is 0.508 e. The molecule has 0 saturated carbocycles. The number of benzene rings is 3. The average molecular weight is 384 g/mol. The molecule has 4 aromatic rings. The van der Waals surface area contributed by atoms with E-state index in [0.717, 1.165) is 27.7 Å². The molecular weight excluding hydrogens is 364 g/mol. The molecule has 1 aromatic heterocycles. The van der Waals surface area contributed by atoms with Gasteiger partial charge in [-0.2, -0.15) is 0 Å². The monoisotopic (exact) mass is 384 g/mol. The molecule has 0 fully saturated rings. The van der Waals surface area contributed by atoms with Crippen molar-refractivity contribution in [1.82, 2.24) is 15.1 Å². The van der Waals surface area contributed by atoms with Crippen molar-refractivity contribution in [3.05, 3.63) is 78.4 Å². The fraction of sp³-hybridized carbons (Fsp3) is 0.0870. The van der Waals surface area contributed by atoms with Crippen LogP contribution in [0.25, 0.3) is 22.0 Å². The van der Waals surface area contributed by atoms with Crippen LogP contribution in [0.5, 0.6) is 5.75 Å². The lowest BCUT2D eigenvalue weighted by molar-refractivity contribution is 0.0827. The van der Waals surface area contributed by atoms with Gasteiger partial charge in [-0.25, -0.2) is 0 Å². The van der Waals surface area contributed by atoms with Crippen molar-refractivity contribution in [3.63, 3.8) is 0 Å². The van der Waals surface area contributed by atoms with Crippen LogP contribution in [-0.2, 0) is 0 Å². The van der Waals surface area contributed by atoms with E-state index >= 15 is 0 Å². The number of fused-ring (bicyclic) bond motifs is 1. The number of hydrogen-bond donors (Lipinski definition) is 2. The van der Waals surface area contributed by atoms with Crippen LogP contribution < -0.4 is 5.32 Å². The first-order chi connectivity index (χ1) is 14.0. The molecule has 1 heterocycles. The zero-order valence-corrected chi connectivity index (χ0v) is 16.1. The van der Waals surface area contributed by atoms with E-state index in [1.807, 2.05) is 42.5 Å². The van der Waals surface area contributed by atoms with Crippen LogP contribution in [-0.4, -0.2) is 40.2 Å². The van der Waals surface area contributed by atoms with Crippen LogP contribution in [0.2, 0.25) is 0 Å². The second-order valence-corrected chi connectivity index (χ2v) is 6.90. The second-order valence-electron chi connectivity index (χ2n) is 6.90. The van der Waals surface area contributed by atoms with Gasteiger partial charge in [-0.05, 0) is 24.3 Å². The highest BCUT2D eigenvalue weighted by molar-refractivity contribution is 6.01. The Kier molecular flexibility index (Phi) is 4.83. The van der Waals surface area contributed by atoms with Gasteiger partial charge in [-0.1, -0.05) is 42.5 Å². The number of nitrogens with one attached hydrogen (secondary N) is 1. The third-order valence-corrected chi connectivity index (χ3v) is 4.61. The fourth-order valence-corrected chi connectivity index (χ4v) is 3.16. The predicted octanol–water partition coefficient (Wildman–Crippen LogP) is 4.45. The minimum Gasteiger partial charge on any atom is -0.508 e. The molecule has 0 unspecified atom stereocenters.